The summed E-state index contributed by atoms with van der Waals surface area (Å²) in [5.74, 6) is 1.59. The molecule has 0 amide bonds. The van der Waals surface area contributed by atoms with Gasteiger partial charge in [0.2, 0.25) is 0 Å². The van der Waals surface area contributed by atoms with Crippen LogP contribution >= 0.6 is 0 Å². The number of nitrogens with one attached hydrogen (secondary N) is 3. The van der Waals surface area contributed by atoms with Crippen LogP contribution in [-0.2, 0) is 11.3 Å². The van der Waals surface area contributed by atoms with E-state index >= 15 is 0 Å². The lowest BCUT2D eigenvalue weighted by Crippen LogP contribution is -2.41. The number of benzene rings is 1. The molecule has 2 rings (SSSR count). The standard InChI is InChI=1S/C19H31N7O/c1-4-20-19(21-9-11-26(2)10-6-12-27-3)22-14-16-7-5-8-17(13-16)18-23-15-24-25-18/h5,7-8,13,15H,4,6,9-12,14H2,1-3H3,(H2,20,21,22)(H,23,24,25). The van der Waals surface area contributed by atoms with Crippen LogP contribution in [0, 0.1) is 0 Å². The number of rotatable bonds is 11. The van der Waals surface area contributed by atoms with Crippen molar-refractivity contribution in [1.82, 2.24) is 30.7 Å². The summed E-state index contributed by atoms with van der Waals surface area (Å²) in [7, 11) is 3.86. The van der Waals surface area contributed by atoms with E-state index in [2.05, 4.69) is 61.8 Å². The maximum Gasteiger partial charge on any atom is 0.191 e. The van der Waals surface area contributed by atoms with E-state index in [1.165, 1.54) is 6.33 Å². The van der Waals surface area contributed by atoms with Crippen LogP contribution in [0.25, 0.3) is 11.4 Å². The first-order chi connectivity index (χ1) is 13.2. The van der Waals surface area contributed by atoms with E-state index in [1.54, 1.807) is 7.11 Å². The molecular weight excluding hydrogens is 342 g/mol. The molecule has 1 heterocycles. The van der Waals surface area contributed by atoms with Crippen LogP contribution < -0.4 is 10.6 Å². The molecule has 1 aromatic carbocycles. The summed E-state index contributed by atoms with van der Waals surface area (Å²) in [6.07, 6.45) is 2.56. The lowest BCUT2D eigenvalue weighted by molar-refractivity contribution is 0.180. The summed E-state index contributed by atoms with van der Waals surface area (Å²) in [5.41, 5.74) is 2.13. The molecule has 0 aliphatic heterocycles. The zero-order valence-corrected chi connectivity index (χ0v) is 16.5. The molecule has 0 atom stereocenters. The number of aromatic amines is 1. The Morgan fingerprint density at radius 1 is 1.30 bits per heavy atom. The molecule has 0 radical (unpaired) electrons. The highest BCUT2D eigenvalue weighted by Gasteiger charge is 2.03. The highest BCUT2D eigenvalue weighted by molar-refractivity contribution is 5.79. The Balaban J connectivity index is 1.85. The third-order valence-corrected chi connectivity index (χ3v) is 4.05. The largest absolute Gasteiger partial charge is 0.385 e. The predicted molar refractivity (Wildman–Crippen MR) is 109 cm³/mol. The van der Waals surface area contributed by atoms with Gasteiger partial charge in [0.1, 0.15) is 6.33 Å². The second-order valence-corrected chi connectivity index (χ2v) is 6.31. The van der Waals surface area contributed by atoms with E-state index in [9.17, 15) is 0 Å². The normalized spacial score (nSPS) is 11.8. The average molecular weight is 374 g/mol. The molecular formula is C19H31N7O. The number of H-pyrrole nitrogens is 1. The van der Waals surface area contributed by atoms with Crippen LogP contribution in [-0.4, -0.2) is 73.0 Å². The quantitative estimate of drug-likeness (QED) is 0.314. The lowest BCUT2D eigenvalue weighted by atomic mass is 10.1. The summed E-state index contributed by atoms with van der Waals surface area (Å²) in [6.45, 7) is 7.11. The van der Waals surface area contributed by atoms with Crippen molar-refractivity contribution in [2.45, 2.75) is 19.9 Å². The fraction of sp³-hybridized carbons (Fsp3) is 0.526. The van der Waals surface area contributed by atoms with Crippen LogP contribution in [0.1, 0.15) is 18.9 Å². The van der Waals surface area contributed by atoms with Crippen LogP contribution in [0.5, 0.6) is 0 Å². The molecule has 148 valence electrons. The second kappa shape index (κ2) is 12.0. The fourth-order valence-electron chi connectivity index (χ4n) is 2.63. The van der Waals surface area contributed by atoms with Crippen LogP contribution in [0.2, 0.25) is 0 Å². The molecule has 27 heavy (non-hydrogen) atoms. The van der Waals surface area contributed by atoms with Crippen molar-refractivity contribution in [3.8, 4) is 11.4 Å². The summed E-state index contributed by atoms with van der Waals surface area (Å²) >= 11 is 0. The van der Waals surface area contributed by atoms with Gasteiger partial charge < -0.3 is 20.3 Å². The first-order valence-corrected chi connectivity index (χ1v) is 9.37. The summed E-state index contributed by atoms with van der Waals surface area (Å²) in [4.78, 5) is 11.2. The van der Waals surface area contributed by atoms with Gasteiger partial charge in [0.25, 0.3) is 0 Å². The molecule has 1 aromatic heterocycles. The molecule has 8 nitrogen and oxygen atoms in total. The molecule has 0 saturated heterocycles. The van der Waals surface area contributed by atoms with E-state index < -0.39 is 0 Å². The van der Waals surface area contributed by atoms with Gasteiger partial charge in [0, 0.05) is 45.5 Å². The molecule has 0 aliphatic rings. The highest BCUT2D eigenvalue weighted by Crippen LogP contribution is 2.15. The Hall–Kier alpha value is -2.45. The van der Waals surface area contributed by atoms with Gasteiger partial charge >= 0.3 is 0 Å². The summed E-state index contributed by atoms with van der Waals surface area (Å²) in [5, 5.41) is 13.5. The van der Waals surface area contributed by atoms with Gasteiger partial charge in [0.05, 0.1) is 6.54 Å². The van der Waals surface area contributed by atoms with Gasteiger partial charge in [-0.2, -0.15) is 5.10 Å². The number of methoxy groups -OCH3 is 1. The number of aliphatic imine (C=N–C) groups is 1. The predicted octanol–water partition coefficient (Wildman–Crippen LogP) is 1.50. The molecule has 0 spiro atoms. The van der Waals surface area contributed by atoms with E-state index in [0.29, 0.717) is 6.54 Å². The van der Waals surface area contributed by atoms with E-state index in [1.807, 2.05) is 12.1 Å². The Morgan fingerprint density at radius 2 is 2.19 bits per heavy atom. The molecule has 0 aliphatic carbocycles. The second-order valence-electron chi connectivity index (χ2n) is 6.31. The monoisotopic (exact) mass is 373 g/mol. The molecule has 0 unspecified atom stereocenters. The minimum Gasteiger partial charge on any atom is -0.385 e. The first kappa shape index (κ1) is 20.9. The molecule has 3 N–H and O–H groups in total. The maximum absolute atomic E-state index is 5.09. The van der Waals surface area contributed by atoms with Crippen LogP contribution in [0.4, 0.5) is 0 Å². The topological polar surface area (TPSA) is 90.5 Å². The van der Waals surface area contributed by atoms with E-state index in [0.717, 1.165) is 62.1 Å². The number of hydrogen-bond donors (Lipinski definition) is 3. The lowest BCUT2D eigenvalue weighted by Gasteiger charge is -2.18. The minimum atomic E-state index is 0.598. The molecule has 0 bridgehead atoms. The zero-order chi connectivity index (χ0) is 19.3. The van der Waals surface area contributed by atoms with Gasteiger partial charge in [0.15, 0.2) is 11.8 Å². The Morgan fingerprint density at radius 3 is 2.93 bits per heavy atom. The third kappa shape index (κ3) is 7.76. The van der Waals surface area contributed by atoms with Gasteiger partial charge in [-0.15, -0.1) is 0 Å². The van der Waals surface area contributed by atoms with E-state index in [4.69, 9.17) is 4.74 Å². The van der Waals surface area contributed by atoms with Gasteiger partial charge in [-0.3, -0.25) is 5.10 Å². The minimum absolute atomic E-state index is 0.598. The van der Waals surface area contributed by atoms with Gasteiger partial charge in [-0.1, -0.05) is 18.2 Å². The molecule has 2 aromatic rings. The van der Waals surface area contributed by atoms with Crippen molar-refractivity contribution >= 4 is 5.96 Å². The highest BCUT2D eigenvalue weighted by atomic mass is 16.5. The third-order valence-electron chi connectivity index (χ3n) is 4.05. The van der Waals surface area contributed by atoms with Gasteiger partial charge in [-0.25, -0.2) is 9.98 Å². The molecule has 0 saturated carbocycles. The number of likely N-dealkylation sites (N-methyl/N-ethyl adjacent to an activating group) is 1. The van der Waals surface area contributed by atoms with Crippen molar-refractivity contribution in [2.24, 2.45) is 4.99 Å². The number of aromatic nitrogens is 3. The molecule has 0 fully saturated rings. The number of nitrogens with zero attached hydrogens (tertiary/aromatic N) is 4. The Bertz CT molecular complexity index is 672. The summed E-state index contributed by atoms with van der Waals surface area (Å²) < 4.78 is 5.09. The smallest absolute Gasteiger partial charge is 0.191 e. The first-order valence-electron chi connectivity index (χ1n) is 9.37. The Kier molecular flexibility index (Phi) is 9.29. The zero-order valence-electron chi connectivity index (χ0n) is 16.5. The average Bonchev–Trinajstić information content (AvgIpc) is 3.21. The van der Waals surface area contributed by atoms with Crippen molar-refractivity contribution < 1.29 is 4.74 Å². The van der Waals surface area contributed by atoms with Gasteiger partial charge in [-0.05, 0) is 32.0 Å². The summed E-state index contributed by atoms with van der Waals surface area (Å²) in [6, 6.07) is 8.17. The number of guanidine groups is 1. The van der Waals surface area contributed by atoms with Crippen molar-refractivity contribution in [2.75, 3.05) is 46.9 Å². The van der Waals surface area contributed by atoms with Crippen LogP contribution in [0.3, 0.4) is 0 Å². The van der Waals surface area contributed by atoms with Crippen molar-refractivity contribution in [3.63, 3.8) is 0 Å². The van der Waals surface area contributed by atoms with E-state index in [-0.39, 0.29) is 0 Å². The SMILES string of the molecule is CCNC(=NCc1cccc(-c2ncn[nH]2)c1)NCCN(C)CCCOC. The number of hydrogen-bond acceptors (Lipinski definition) is 5. The molecule has 8 heteroatoms. The van der Waals surface area contributed by atoms with Crippen molar-refractivity contribution in [3.05, 3.63) is 36.2 Å². The maximum atomic E-state index is 5.09. The Labute approximate surface area is 161 Å². The van der Waals surface area contributed by atoms with Crippen molar-refractivity contribution in [1.29, 1.82) is 0 Å². The number of ether oxygens (including phenoxy) is 1. The fourth-order valence-corrected chi connectivity index (χ4v) is 2.63. The van der Waals surface area contributed by atoms with Crippen LogP contribution in [0.15, 0.2) is 35.6 Å².